The van der Waals surface area contributed by atoms with E-state index >= 15 is 0 Å². The van der Waals surface area contributed by atoms with E-state index < -0.39 is 0 Å². The minimum atomic E-state index is 0.576. The number of nitriles is 1. The molecule has 2 heterocycles. The lowest BCUT2D eigenvalue weighted by Crippen LogP contribution is -2.01. The summed E-state index contributed by atoms with van der Waals surface area (Å²) in [6, 6.07) is 9.86. The third-order valence-corrected chi connectivity index (χ3v) is 5.76. The summed E-state index contributed by atoms with van der Waals surface area (Å²) in [5.41, 5.74) is 2.74. The van der Waals surface area contributed by atoms with Crippen LogP contribution in [0.4, 0.5) is 0 Å². The van der Waals surface area contributed by atoms with Gasteiger partial charge in [0.25, 0.3) is 0 Å². The summed E-state index contributed by atoms with van der Waals surface area (Å²) >= 11 is 3.78. The summed E-state index contributed by atoms with van der Waals surface area (Å²) in [4.78, 5) is 4.77. The second-order valence-corrected chi connectivity index (χ2v) is 6.82. The van der Waals surface area contributed by atoms with Crippen LogP contribution in [0, 0.1) is 11.3 Å². The molecule has 0 amide bonds. The molecule has 1 aliphatic heterocycles. The summed E-state index contributed by atoms with van der Waals surface area (Å²) in [6.07, 6.45) is 3.90. The van der Waals surface area contributed by atoms with Gasteiger partial charge in [-0.1, -0.05) is 18.6 Å². The molecule has 1 aromatic heterocycles. The molecule has 0 N–H and O–H groups in total. The maximum Gasteiger partial charge on any atom is 0.106 e. The van der Waals surface area contributed by atoms with Crippen molar-refractivity contribution in [3.63, 3.8) is 0 Å². The molecular formula is C15H14N2S2. The molecule has 3 rings (SSSR count). The van der Waals surface area contributed by atoms with Gasteiger partial charge in [0.15, 0.2) is 0 Å². The predicted octanol–water partition coefficient (Wildman–Crippen LogP) is 4.64. The van der Waals surface area contributed by atoms with Crippen molar-refractivity contribution in [3.05, 3.63) is 40.2 Å². The molecule has 0 radical (unpaired) electrons. The van der Waals surface area contributed by atoms with E-state index in [0.29, 0.717) is 10.8 Å². The van der Waals surface area contributed by atoms with Crippen molar-refractivity contribution in [2.24, 2.45) is 0 Å². The van der Waals surface area contributed by atoms with Gasteiger partial charge in [-0.05, 0) is 30.7 Å². The molecule has 1 atom stereocenters. The number of thiazole rings is 1. The lowest BCUT2D eigenvalue weighted by Gasteiger charge is -2.18. The number of rotatable bonds is 2. The minimum Gasteiger partial charge on any atom is -0.240 e. The van der Waals surface area contributed by atoms with Gasteiger partial charge >= 0.3 is 0 Å². The molecule has 96 valence electrons. The van der Waals surface area contributed by atoms with Crippen LogP contribution >= 0.6 is 23.1 Å². The van der Waals surface area contributed by atoms with Gasteiger partial charge in [-0.3, -0.25) is 0 Å². The number of thioether (sulfide) groups is 1. The van der Waals surface area contributed by atoms with Gasteiger partial charge in [-0.15, -0.1) is 11.3 Å². The third-order valence-electron chi connectivity index (χ3n) is 3.26. The standard InChI is InChI=1S/C15H14N2S2/c16-9-11-4-3-5-12(8-11)13-10-19-15(17-13)14-6-1-2-7-18-14/h3-5,8,10,14H,1-2,6-7H2. The summed E-state index contributed by atoms with van der Waals surface area (Å²) in [5.74, 6) is 1.25. The van der Waals surface area contributed by atoms with Gasteiger partial charge in [0.1, 0.15) is 5.01 Å². The molecule has 4 heteroatoms. The Kier molecular flexibility index (Phi) is 3.86. The summed E-state index contributed by atoms with van der Waals surface area (Å²) in [6.45, 7) is 0. The molecule has 0 spiro atoms. The first-order chi connectivity index (χ1) is 9.36. The van der Waals surface area contributed by atoms with E-state index in [0.717, 1.165) is 11.3 Å². The molecule has 0 bridgehead atoms. The quantitative estimate of drug-likeness (QED) is 0.807. The topological polar surface area (TPSA) is 36.7 Å². The van der Waals surface area contributed by atoms with Crippen LogP contribution in [0.3, 0.4) is 0 Å². The Morgan fingerprint density at radius 2 is 2.26 bits per heavy atom. The Morgan fingerprint density at radius 3 is 3.05 bits per heavy atom. The third kappa shape index (κ3) is 2.83. The van der Waals surface area contributed by atoms with Crippen molar-refractivity contribution < 1.29 is 0 Å². The zero-order valence-corrected chi connectivity index (χ0v) is 12.1. The first kappa shape index (κ1) is 12.7. The monoisotopic (exact) mass is 286 g/mol. The number of aromatic nitrogens is 1. The molecule has 0 saturated carbocycles. The fraction of sp³-hybridized carbons (Fsp3) is 0.333. The van der Waals surface area contributed by atoms with Crippen LogP contribution in [0.15, 0.2) is 29.6 Å². The van der Waals surface area contributed by atoms with E-state index in [2.05, 4.69) is 11.4 Å². The van der Waals surface area contributed by atoms with Crippen LogP contribution in [-0.2, 0) is 0 Å². The molecule has 19 heavy (non-hydrogen) atoms. The highest BCUT2D eigenvalue weighted by molar-refractivity contribution is 7.99. The molecule has 2 aromatic rings. The average Bonchev–Trinajstić information content (AvgIpc) is 2.98. The average molecular weight is 286 g/mol. The largest absolute Gasteiger partial charge is 0.240 e. The Bertz CT molecular complexity index is 607. The summed E-state index contributed by atoms with van der Waals surface area (Å²) in [5, 5.41) is 12.9. The van der Waals surface area contributed by atoms with Gasteiger partial charge in [-0.25, -0.2) is 4.98 Å². The van der Waals surface area contributed by atoms with Crippen LogP contribution < -0.4 is 0 Å². The molecule has 2 nitrogen and oxygen atoms in total. The predicted molar refractivity (Wildman–Crippen MR) is 81.3 cm³/mol. The highest BCUT2D eigenvalue weighted by atomic mass is 32.2. The molecule has 1 aliphatic rings. The van der Waals surface area contributed by atoms with E-state index in [-0.39, 0.29) is 0 Å². The fourth-order valence-corrected chi connectivity index (χ4v) is 4.65. The second kappa shape index (κ2) is 5.77. The van der Waals surface area contributed by atoms with Gasteiger partial charge in [0.05, 0.1) is 22.6 Å². The van der Waals surface area contributed by atoms with E-state index in [4.69, 9.17) is 10.2 Å². The maximum absolute atomic E-state index is 8.95. The van der Waals surface area contributed by atoms with E-state index in [9.17, 15) is 0 Å². The van der Waals surface area contributed by atoms with Gasteiger partial charge in [0, 0.05) is 10.9 Å². The second-order valence-electron chi connectivity index (χ2n) is 4.62. The zero-order valence-electron chi connectivity index (χ0n) is 10.5. The molecule has 1 saturated heterocycles. The van der Waals surface area contributed by atoms with E-state index in [1.54, 1.807) is 11.3 Å². The lowest BCUT2D eigenvalue weighted by atomic mass is 10.1. The van der Waals surface area contributed by atoms with Crippen molar-refractivity contribution in [1.82, 2.24) is 4.98 Å². The van der Waals surface area contributed by atoms with Gasteiger partial charge in [0.2, 0.25) is 0 Å². The zero-order chi connectivity index (χ0) is 13.1. The van der Waals surface area contributed by atoms with Crippen molar-refractivity contribution in [2.75, 3.05) is 5.75 Å². The maximum atomic E-state index is 8.95. The first-order valence-electron chi connectivity index (χ1n) is 6.44. The van der Waals surface area contributed by atoms with Crippen LogP contribution in [0.2, 0.25) is 0 Å². The number of hydrogen-bond acceptors (Lipinski definition) is 4. The van der Waals surface area contributed by atoms with Crippen molar-refractivity contribution in [1.29, 1.82) is 5.26 Å². The molecule has 0 aliphatic carbocycles. The van der Waals surface area contributed by atoms with Crippen molar-refractivity contribution in [2.45, 2.75) is 24.5 Å². The Morgan fingerprint density at radius 1 is 1.32 bits per heavy atom. The summed E-state index contributed by atoms with van der Waals surface area (Å²) in [7, 11) is 0. The Balaban J connectivity index is 1.86. The Labute approximate surface area is 121 Å². The van der Waals surface area contributed by atoms with Crippen molar-refractivity contribution in [3.8, 4) is 17.3 Å². The molecular weight excluding hydrogens is 272 g/mol. The normalized spacial score (nSPS) is 19.0. The Hall–Kier alpha value is -1.31. The number of hydrogen-bond donors (Lipinski definition) is 0. The highest BCUT2D eigenvalue weighted by Crippen LogP contribution is 2.40. The van der Waals surface area contributed by atoms with Crippen molar-refractivity contribution >= 4 is 23.1 Å². The molecule has 1 unspecified atom stereocenters. The van der Waals surface area contributed by atoms with E-state index in [1.165, 1.54) is 30.0 Å². The van der Waals surface area contributed by atoms with Crippen LogP contribution in [-0.4, -0.2) is 10.7 Å². The summed E-state index contributed by atoms with van der Waals surface area (Å²) < 4.78 is 0. The van der Waals surface area contributed by atoms with Gasteiger partial charge < -0.3 is 0 Å². The number of benzene rings is 1. The smallest absolute Gasteiger partial charge is 0.106 e. The highest BCUT2D eigenvalue weighted by Gasteiger charge is 2.19. The number of nitrogens with zero attached hydrogens (tertiary/aromatic N) is 2. The first-order valence-corrected chi connectivity index (χ1v) is 8.37. The minimum absolute atomic E-state index is 0.576. The van der Waals surface area contributed by atoms with Crippen LogP contribution in [0.1, 0.15) is 35.1 Å². The SMILES string of the molecule is N#Cc1cccc(-c2csc(C3CCCCS3)n2)c1. The fourth-order valence-electron chi connectivity index (χ4n) is 2.25. The van der Waals surface area contributed by atoms with E-state index in [1.807, 2.05) is 36.0 Å². The molecule has 1 aromatic carbocycles. The van der Waals surface area contributed by atoms with Crippen LogP contribution in [0.25, 0.3) is 11.3 Å². The van der Waals surface area contributed by atoms with Crippen LogP contribution in [0.5, 0.6) is 0 Å². The molecule has 1 fully saturated rings. The van der Waals surface area contributed by atoms with Gasteiger partial charge in [-0.2, -0.15) is 17.0 Å². The lowest BCUT2D eigenvalue weighted by molar-refractivity contribution is 0.684.